The summed E-state index contributed by atoms with van der Waals surface area (Å²) in [7, 11) is 0. The number of fused-ring (bicyclic) bond motifs is 1. The normalized spacial score (nSPS) is 22.0. The van der Waals surface area contributed by atoms with Gasteiger partial charge in [0.05, 0.1) is 0 Å². The smallest absolute Gasteiger partial charge is 0.349 e. The van der Waals surface area contributed by atoms with E-state index in [0.29, 0.717) is 11.8 Å². The number of nitriles is 1. The Morgan fingerprint density at radius 1 is 1.17 bits per heavy atom. The van der Waals surface area contributed by atoms with Crippen LogP contribution >= 0.6 is 0 Å². The van der Waals surface area contributed by atoms with Gasteiger partial charge in [-0.25, -0.2) is 4.79 Å². The van der Waals surface area contributed by atoms with Gasteiger partial charge in [-0.2, -0.15) is 5.26 Å². The fourth-order valence-corrected chi connectivity index (χ4v) is 4.50. The Labute approximate surface area is 173 Å². The fraction of sp³-hybridized carbons (Fsp3) is 0.542. The second-order valence-electron chi connectivity index (χ2n) is 8.41. The second kappa shape index (κ2) is 9.73. The Kier molecular flexibility index (Phi) is 7.09. The van der Waals surface area contributed by atoms with Gasteiger partial charge in [-0.1, -0.05) is 51.0 Å². The highest BCUT2D eigenvalue weighted by Gasteiger charge is 2.35. The monoisotopic (exact) mass is 394 g/mol. The number of piperidine rings is 1. The molecule has 154 valence electrons. The third-order valence-corrected chi connectivity index (χ3v) is 6.14. The molecule has 1 saturated heterocycles. The summed E-state index contributed by atoms with van der Waals surface area (Å²) in [6.45, 7) is 4.66. The number of rotatable bonds is 5. The number of benzene rings is 1. The number of esters is 1. The molecule has 0 radical (unpaired) electrons. The predicted molar refractivity (Wildman–Crippen MR) is 112 cm³/mol. The van der Waals surface area contributed by atoms with Crippen molar-refractivity contribution in [1.82, 2.24) is 4.90 Å². The van der Waals surface area contributed by atoms with Crippen LogP contribution in [-0.4, -0.2) is 36.0 Å². The van der Waals surface area contributed by atoms with Crippen molar-refractivity contribution in [2.24, 2.45) is 5.92 Å². The van der Waals surface area contributed by atoms with Crippen molar-refractivity contribution in [3.63, 3.8) is 0 Å². The summed E-state index contributed by atoms with van der Waals surface area (Å²) < 4.78 is 5.20. The van der Waals surface area contributed by atoms with Crippen LogP contribution in [0.2, 0.25) is 0 Å². The lowest BCUT2D eigenvalue weighted by molar-refractivity contribution is -0.152. The highest BCUT2D eigenvalue weighted by Crippen LogP contribution is 2.35. The zero-order valence-corrected chi connectivity index (χ0v) is 17.4. The maximum Gasteiger partial charge on any atom is 0.349 e. The van der Waals surface area contributed by atoms with Crippen molar-refractivity contribution in [1.29, 1.82) is 5.26 Å². The number of hydrogen-bond acceptors (Lipinski definition) is 4. The molecule has 1 aliphatic heterocycles. The molecular weight excluding hydrogens is 364 g/mol. The molecule has 1 aromatic carbocycles. The number of hydrogen-bond donors (Lipinski definition) is 0. The summed E-state index contributed by atoms with van der Waals surface area (Å²) in [4.78, 5) is 26.9. The summed E-state index contributed by atoms with van der Waals surface area (Å²) in [5, 5.41) is 9.35. The summed E-state index contributed by atoms with van der Waals surface area (Å²) in [5.74, 6) is 0.109. The number of carbonyl (C=O) groups is 2. The third-order valence-electron chi connectivity index (χ3n) is 6.14. The molecule has 3 rings (SSSR count). The Bertz CT molecular complexity index is 802. The lowest BCUT2D eigenvalue weighted by Crippen LogP contribution is -2.50. The van der Waals surface area contributed by atoms with Gasteiger partial charge in [0.2, 0.25) is 0 Å². The Balaban J connectivity index is 1.59. The van der Waals surface area contributed by atoms with Crippen molar-refractivity contribution in [2.75, 3.05) is 13.2 Å². The van der Waals surface area contributed by atoms with E-state index in [2.05, 4.69) is 13.8 Å². The second-order valence-corrected chi connectivity index (χ2v) is 8.41. The first-order valence-electron chi connectivity index (χ1n) is 10.7. The van der Waals surface area contributed by atoms with Crippen LogP contribution in [0.15, 0.2) is 29.8 Å². The number of carbonyl (C=O) groups excluding carboxylic acids is 2. The van der Waals surface area contributed by atoms with Crippen molar-refractivity contribution in [3.05, 3.63) is 41.0 Å². The lowest BCUT2D eigenvalue weighted by Gasteiger charge is -2.44. The van der Waals surface area contributed by atoms with E-state index in [1.807, 2.05) is 35.2 Å². The zero-order valence-electron chi connectivity index (χ0n) is 17.4. The molecule has 2 fully saturated rings. The van der Waals surface area contributed by atoms with Gasteiger partial charge < -0.3 is 9.64 Å². The number of nitrogens with zero attached hydrogens (tertiary/aromatic N) is 2. The molecule has 1 saturated carbocycles. The molecule has 29 heavy (non-hydrogen) atoms. The topological polar surface area (TPSA) is 70.4 Å². The molecule has 0 unspecified atom stereocenters. The van der Waals surface area contributed by atoms with Gasteiger partial charge in [0, 0.05) is 12.6 Å². The minimum atomic E-state index is -0.744. The van der Waals surface area contributed by atoms with Crippen LogP contribution in [0, 0.1) is 17.2 Å². The Morgan fingerprint density at radius 3 is 2.55 bits per heavy atom. The zero-order chi connectivity index (χ0) is 20.8. The molecular formula is C24H30N2O3. The lowest BCUT2D eigenvalue weighted by atomic mass is 9.78. The van der Waals surface area contributed by atoms with Gasteiger partial charge in [0.1, 0.15) is 11.6 Å². The number of ether oxygens (including phenoxy) is 1. The standard InChI is InChI=1S/C24H30N2O3/c1-17(2)19-11-9-18(10-12-19)14-21(15-25)24(28)29-16-23(27)26-13-5-7-20-6-3-4-8-22(20)26/h9-12,14,17,20,22H,3-8,13,16H2,1-2H3/b21-14+/t20-,22-/m1/s1. The van der Waals surface area contributed by atoms with E-state index in [-0.39, 0.29) is 24.1 Å². The van der Waals surface area contributed by atoms with E-state index in [9.17, 15) is 14.9 Å². The van der Waals surface area contributed by atoms with Crippen LogP contribution in [0.4, 0.5) is 0 Å². The summed E-state index contributed by atoms with van der Waals surface area (Å²) in [6, 6.07) is 9.91. The molecule has 0 spiro atoms. The summed E-state index contributed by atoms with van der Waals surface area (Å²) in [6.07, 6.45) is 8.33. The highest BCUT2D eigenvalue weighted by atomic mass is 16.5. The Morgan fingerprint density at radius 2 is 1.86 bits per heavy atom. The van der Waals surface area contributed by atoms with E-state index < -0.39 is 5.97 Å². The maximum atomic E-state index is 12.7. The molecule has 1 aliphatic carbocycles. The quantitative estimate of drug-likeness (QED) is 0.420. The van der Waals surface area contributed by atoms with Crippen molar-refractivity contribution in [3.8, 4) is 6.07 Å². The molecule has 1 aromatic rings. The van der Waals surface area contributed by atoms with Gasteiger partial charge >= 0.3 is 5.97 Å². The van der Waals surface area contributed by atoms with E-state index in [4.69, 9.17) is 4.74 Å². The third kappa shape index (κ3) is 5.26. The average molecular weight is 395 g/mol. The van der Waals surface area contributed by atoms with E-state index in [1.165, 1.54) is 30.9 Å². The van der Waals surface area contributed by atoms with Gasteiger partial charge in [-0.3, -0.25) is 4.79 Å². The number of likely N-dealkylation sites (tertiary alicyclic amines) is 1. The number of amides is 1. The van der Waals surface area contributed by atoms with Gasteiger partial charge in [0.15, 0.2) is 6.61 Å². The minimum absolute atomic E-state index is 0.0933. The van der Waals surface area contributed by atoms with Crippen LogP contribution in [0.1, 0.15) is 69.4 Å². The summed E-state index contributed by atoms with van der Waals surface area (Å²) >= 11 is 0. The molecule has 2 aliphatic rings. The van der Waals surface area contributed by atoms with Gasteiger partial charge in [-0.15, -0.1) is 0 Å². The van der Waals surface area contributed by atoms with Crippen LogP contribution in [0.25, 0.3) is 6.08 Å². The molecule has 1 heterocycles. The first-order valence-corrected chi connectivity index (χ1v) is 10.7. The molecule has 2 atom stereocenters. The average Bonchev–Trinajstić information content (AvgIpc) is 2.75. The highest BCUT2D eigenvalue weighted by molar-refractivity contribution is 5.98. The van der Waals surface area contributed by atoms with E-state index >= 15 is 0 Å². The summed E-state index contributed by atoms with van der Waals surface area (Å²) in [5.41, 5.74) is 1.86. The molecule has 0 aromatic heterocycles. The molecule has 0 bridgehead atoms. The van der Waals surface area contributed by atoms with Gasteiger partial charge in [0.25, 0.3) is 5.91 Å². The van der Waals surface area contributed by atoms with Crippen LogP contribution in [0.5, 0.6) is 0 Å². The molecule has 1 amide bonds. The van der Waals surface area contributed by atoms with Crippen LogP contribution < -0.4 is 0 Å². The fourth-order valence-electron chi connectivity index (χ4n) is 4.50. The largest absolute Gasteiger partial charge is 0.451 e. The van der Waals surface area contributed by atoms with E-state index in [1.54, 1.807) is 0 Å². The minimum Gasteiger partial charge on any atom is -0.451 e. The van der Waals surface area contributed by atoms with Crippen LogP contribution in [0.3, 0.4) is 0 Å². The van der Waals surface area contributed by atoms with E-state index in [0.717, 1.165) is 31.4 Å². The van der Waals surface area contributed by atoms with Crippen molar-refractivity contribution >= 4 is 18.0 Å². The first-order chi connectivity index (χ1) is 14.0. The molecule has 0 N–H and O–H groups in total. The first kappa shape index (κ1) is 21.1. The Hall–Kier alpha value is -2.61. The maximum absolute atomic E-state index is 12.7. The van der Waals surface area contributed by atoms with Crippen LogP contribution in [-0.2, 0) is 14.3 Å². The predicted octanol–water partition coefficient (Wildman–Crippen LogP) is 4.44. The van der Waals surface area contributed by atoms with Crippen molar-refractivity contribution in [2.45, 2.75) is 64.3 Å². The SMILES string of the molecule is CC(C)c1ccc(/C=C(\C#N)C(=O)OCC(=O)N2CCC[C@H]3CCCC[C@H]32)cc1. The van der Waals surface area contributed by atoms with Crippen molar-refractivity contribution < 1.29 is 14.3 Å². The molecule has 5 heteroatoms. The molecule has 5 nitrogen and oxygen atoms in total. The van der Waals surface area contributed by atoms with Gasteiger partial charge in [-0.05, 0) is 54.7 Å².